The van der Waals surface area contributed by atoms with Crippen LogP contribution in [0.25, 0.3) is 0 Å². The molecule has 1 atom stereocenters. The van der Waals surface area contributed by atoms with Gasteiger partial charge in [0.1, 0.15) is 11.6 Å². The predicted molar refractivity (Wildman–Crippen MR) is 109 cm³/mol. The molecule has 0 fully saturated rings. The molecule has 0 aliphatic rings. The third-order valence-electron chi connectivity index (χ3n) is 3.96. The largest absolute Gasteiger partial charge is 0.484 e. The van der Waals surface area contributed by atoms with Gasteiger partial charge in [-0.25, -0.2) is 12.8 Å². The van der Waals surface area contributed by atoms with Crippen LogP contribution in [0.1, 0.15) is 12.5 Å². The Morgan fingerprint density at radius 1 is 1.14 bits per heavy atom. The van der Waals surface area contributed by atoms with E-state index in [0.717, 1.165) is 6.26 Å². The number of hydrogen-bond donors (Lipinski definition) is 1. The molecular formula is C20H25FN2O5S. The van der Waals surface area contributed by atoms with Crippen molar-refractivity contribution in [3.8, 4) is 5.75 Å². The number of carbonyl (C=O) groups excluding carboxylic acids is 1. The minimum atomic E-state index is -3.56. The second-order valence-corrected chi connectivity index (χ2v) is 8.51. The zero-order chi connectivity index (χ0) is 21.4. The highest BCUT2D eigenvalue weighted by atomic mass is 32.2. The van der Waals surface area contributed by atoms with Gasteiger partial charge >= 0.3 is 0 Å². The molecule has 1 N–H and O–H groups in total. The van der Waals surface area contributed by atoms with Crippen molar-refractivity contribution in [2.45, 2.75) is 19.5 Å². The molecule has 2 aromatic rings. The molecule has 0 radical (unpaired) electrons. The van der Waals surface area contributed by atoms with Gasteiger partial charge in [-0.3, -0.25) is 9.10 Å². The molecule has 0 heterocycles. The van der Waals surface area contributed by atoms with Gasteiger partial charge in [0.25, 0.3) is 5.91 Å². The second kappa shape index (κ2) is 10.2. The van der Waals surface area contributed by atoms with Crippen LogP contribution >= 0.6 is 0 Å². The van der Waals surface area contributed by atoms with Crippen molar-refractivity contribution >= 4 is 21.6 Å². The number of nitrogens with zero attached hydrogens (tertiary/aromatic N) is 1. The van der Waals surface area contributed by atoms with Crippen LogP contribution in [0.4, 0.5) is 10.1 Å². The molecule has 0 saturated carbocycles. The first kappa shape index (κ1) is 22.6. The van der Waals surface area contributed by atoms with Crippen LogP contribution in [-0.2, 0) is 26.1 Å². The zero-order valence-electron chi connectivity index (χ0n) is 16.6. The summed E-state index contributed by atoms with van der Waals surface area (Å²) in [5, 5.41) is 2.73. The number of carbonyl (C=O) groups is 1. The van der Waals surface area contributed by atoms with Gasteiger partial charge in [-0.15, -0.1) is 0 Å². The Morgan fingerprint density at radius 2 is 1.76 bits per heavy atom. The number of hydrogen-bond acceptors (Lipinski definition) is 5. The Hall–Kier alpha value is -2.65. The highest BCUT2D eigenvalue weighted by Gasteiger charge is 2.18. The molecule has 0 aliphatic heterocycles. The molecule has 158 valence electrons. The summed E-state index contributed by atoms with van der Waals surface area (Å²) >= 11 is 0. The molecule has 1 amide bonds. The van der Waals surface area contributed by atoms with E-state index in [1.54, 1.807) is 31.4 Å². The first-order valence-electron chi connectivity index (χ1n) is 8.92. The maximum Gasteiger partial charge on any atom is 0.258 e. The van der Waals surface area contributed by atoms with Crippen molar-refractivity contribution in [1.29, 1.82) is 0 Å². The fourth-order valence-corrected chi connectivity index (χ4v) is 3.51. The van der Waals surface area contributed by atoms with E-state index in [-0.39, 0.29) is 30.9 Å². The van der Waals surface area contributed by atoms with E-state index in [1.807, 2.05) is 6.92 Å². The standard InChI is InChI=1S/C20H25FN2O5S/c1-15(13-27-2)22-20(24)14-28-19-10-8-18(9-11-19)23(29(3,25)26)12-16-4-6-17(21)7-5-16/h4-11,15H,12-14H2,1-3H3,(H,22,24)/t15-/m0/s1. The minimum Gasteiger partial charge on any atom is -0.484 e. The lowest BCUT2D eigenvalue weighted by atomic mass is 10.2. The second-order valence-electron chi connectivity index (χ2n) is 6.60. The number of ether oxygens (including phenoxy) is 2. The van der Waals surface area contributed by atoms with Crippen molar-refractivity contribution in [3.63, 3.8) is 0 Å². The summed E-state index contributed by atoms with van der Waals surface area (Å²) in [4.78, 5) is 11.8. The molecule has 29 heavy (non-hydrogen) atoms. The summed E-state index contributed by atoms with van der Waals surface area (Å²) in [6.07, 6.45) is 1.10. The van der Waals surface area contributed by atoms with E-state index < -0.39 is 10.0 Å². The fourth-order valence-electron chi connectivity index (χ4n) is 2.62. The molecule has 2 rings (SSSR count). The van der Waals surface area contributed by atoms with E-state index >= 15 is 0 Å². The van der Waals surface area contributed by atoms with Crippen LogP contribution in [0, 0.1) is 5.82 Å². The van der Waals surface area contributed by atoms with Crippen molar-refractivity contribution < 1.29 is 27.1 Å². The van der Waals surface area contributed by atoms with Crippen LogP contribution in [0.3, 0.4) is 0 Å². The topological polar surface area (TPSA) is 84.9 Å². The number of nitrogens with one attached hydrogen (secondary N) is 1. The van der Waals surface area contributed by atoms with Gasteiger partial charge in [0.05, 0.1) is 25.1 Å². The fraction of sp³-hybridized carbons (Fsp3) is 0.350. The van der Waals surface area contributed by atoms with Crippen LogP contribution < -0.4 is 14.4 Å². The summed E-state index contributed by atoms with van der Waals surface area (Å²) in [5.41, 5.74) is 1.08. The number of halogens is 1. The average Bonchev–Trinajstić information content (AvgIpc) is 2.65. The number of anilines is 1. The van der Waals surface area contributed by atoms with Gasteiger partial charge in [-0.05, 0) is 48.9 Å². The zero-order valence-corrected chi connectivity index (χ0v) is 17.4. The first-order chi connectivity index (χ1) is 13.7. The summed E-state index contributed by atoms with van der Waals surface area (Å²) in [6.45, 7) is 2.12. The molecule has 0 saturated heterocycles. The van der Waals surface area contributed by atoms with Gasteiger partial charge in [0.2, 0.25) is 10.0 Å². The number of rotatable bonds is 10. The van der Waals surface area contributed by atoms with E-state index in [2.05, 4.69) is 5.32 Å². The van der Waals surface area contributed by atoms with Crippen LogP contribution in [0.5, 0.6) is 5.75 Å². The van der Waals surface area contributed by atoms with Gasteiger partial charge < -0.3 is 14.8 Å². The predicted octanol–water partition coefficient (Wildman–Crippen LogP) is 2.32. The molecule has 0 aromatic heterocycles. The summed E-state index contributed by atoms with van der Waals surface area (Å²) in [7, 11) is -2.01. The lowest BCUT2D eigenvalue weighted by Gasteiger charge is -2.23. The number of amides is 1. The molecule has 0 spiro atoms. The SMILES string of the molecule is COC[C@H](C)NC(=O)COc1ccc(N(Cc2ccc(F)cc2)S(C)(=O)=O)cc1. The molecule has 0 unspecified atom stereocenters. The minimum absolute atomic E-state index is 0.0686. The van der Waals surface area contributed by atoms with Crippen molar-refractivity contribution in [2.75, 3.05) is 30.9 Å². The Bertz CT molecular complexity index is 901. The van der Waals surface area contributed by atoms with Crippen LogP contribution in [0.2, 0.25) is 0 Å². The summed E-state index contributed by atoms with van der Waals surface area (Å²) < 4.78 is 49.1. The quantitative estimate of drug-likeness (QED) is 0.633. The highest BCUT2D eigenvalue weighted by molar-refractivity contribution is 7.92. The van der Waals surface area contributed by atoms with Crippen LogP contribution in [-0.4, -0.2) is 46.9 Å². The van der Waals surface area contributed by atoms with Crippen molar-refractivity contribution in [3.05, 3.63) is 59.9 Å². The highest BCUT2D eigenvalue weighted by Crippen LogP contribution is 2.23. The van der Waals surface area contributed by atoms with Crippen molar-refractivity contribution in [2.24, 2.45) is 0 Å². The average molecular weight is 424 g/mol. The van der Waals surface area contributed by atoms with Crippen molar-refractivity contribution in [1.82, 2.24) is 5.32 Å². The number of sulfonamides is 1. The Morgan fingerprint density at radius 3 is 2.31 bits per heavy atom. The van der Waals surface area contributed by atoms with E-state index in [1.165, 1.54) is 28.6 Å². The normalized spacial score (nSPS) is 12.3. The smallest absolute Gasteiger partial charge is 0.258 e. The molecule has 7 nitrogen and oxygen atoms in total. The Labute approximate surface area is 170 Å². The molecule has 9 heteroatoms. The summed E-state index contributed by atoms with van der Waals surface area (Å²) in [5.74, 6) is -0.243. The molecule has 0 bridgehead atoms. The maximum atomic E-state index is 13.1. The Kier molecular flexibility index (Phi) is 7.98. The third-order valence-corrected chi connectivity index (χ3v) is 5.10. The van der Waals surface area contributed by atoms with Gasteiger partial charge in [-0.2, -0.15) is 0 Å². The first-order valence-corrected chi connectivity index (χ1v) is 10.8. The number of methoxy groups -OCH3 is 1. The van der Waals surface area contributed by atoms with Crippen LogP contribution in [0.15, 0.2) is 48.5 Å². The van der Waals surface area contributed by atoms with E-state index in [0.29, 0.717) is 23.6 Å². The lowest BCUT2D eigenvalue weighted by molar-refractivity contribution is -0.124. The lowest BCUT2D eigenvalue weighted by Crippen LogP contribution is -2.38. The summed E-state index contributed by atoms with van der Waals surface area (Å²) in [6, 6.07) is 11.9. The van der Waals surface area contributed by atoms with E-state index in [4.69, 9.17) is 9.47 Å². The van der Waals surface area contributed by atoms with Gasteiger partial charge in [0, 0.05) is 13.2 Å². The van der Waals surface area contributed by atoms with Gasteiger partial charge in [-0.1, -0.05) is 12.1 Å². The van der Waals surface area contributed by atoms with Gasteiger partial charge in [0.15, 0.2) is 6.61 Å². The molecule has 2 aromatic carbocycles. The monoisotopic (exact) mass is 424 g/mol. The third kappa shape index (κ3) is 7.35. The molecular weight excluding hydrogens is 399 g/mol. The van der Waals surface area contributed by atoms with E-state index in [9.17, 15) is 17.6 Å². The number of benzene rings is 2. The maximum absolute atomic E-state index is 13.1. The molecule has 0 aliphatic carbocycles. The Balaban J connectivity index is 2.03.